The zero-order valence-electron chi connectivity index (χ0n) is 15.1. The second-order valence-corrected chi connectivity index (χ2v) is 9.06. The molecule has 1 N–H and O–H groups in total. The molecule has 1 aliphatic carbocycles. The van der Waals surface area contributed by atoms with Gasteiger partial charge in [0.25, 0.3) is 5.56 Å². The minimum Gasteiger partial charge on any atom is -0.353 e. The van der Waals surface area contributed by atoms with Crippen molar-refractivity contribution in [3.8, 4) is 0 Å². The Hall–Kier alpha value is -1.34. The molecule has 2 aromatic rings. The number of hydrogen-bond donors (Lipinski definition) is 1. The molecule has 1 amide bonds. The molecule has 0 atom stereocenters. The number of thioether (sulfide) groups is 1. The molecule has 140 valence electrons. The van der Waals surface area contributed by atoms with Crippen LogP contribution in [0.25, 0.3) is 10.9 Å². The molecule has 0 saturated heterocycles. The predicted molar refractivity (Wildman–Crippen MR) is 110 cm³/mol. The summed E-state index contributed by atoms with van der Waals surface area (Å²) in [6.07, 6.45) is 4.51. The van der Waals surface area contributed by atoms with Gasteiger partial charge in [0.05, 0.1) is 16.7 Å². The van der Waals surface area contributed by atoms with Crippen molar-refractivity contribution in [3.05, 3.63) is 33.0 Å². The number of fused-ring (bicyclic) bond motifs is 1. The van der Waals surface area contributed by atoms with Crippen LogP contribution in [0.1, 0.15) is 39.5 Å². The molecule has 1 heterocycles. The smallest absolute Gasteiger partial charge is 0.262 e. The van der Waals surface area contributed by atoms with Crippen LogP contribution in [0.2, 0.25) is 0 Å². The number of rotatable bonds is 6. The molecule has 26 heavy (non-hydrogen) atoms. The first kappa shape index (κ1) is 19.4. The third-order valence-electron chi connectivity index (χ3n) is 4.48. The van der Waals surface area contributed by atoms with Crippen LogP contribution in [0.5, 0.6) is 0 Å². The highest BCUT2D eigenvalue weighted by molar-refractivity contribution is 9.10. The Bertz CT molecular complexity index is 860. The van der Waals surface area contributed by atoms with Crippen LogP contribution >= 0.6 is 27.7 Å². The average molecular weight is 438 g/mol. The molecule has 1 aromatic carbocycles. The fraction of sp³-hybridized carbons (Fsp3) is 0.526. The van der Waals surface area contributed by atoms with Gasteiger partial charge in [-0.1, -0.05) is 54.4 Å². The molecule has 5 nitrogen and oxygen atoms in total. The molecule has 0 spiro atoms. The van der Waals surface area contributed by atoms with Crippen LogP contribution in [0.3, 0.4) is 0 Å². The molecule has 0 unspecified atom stereocenters. The van der Waals surface area contributed by atoms with Gasteiger partial charge in [0, 0.05) is 17.1 Å². The maximum atomic E-state index is 12.9. The normalized spacial score (nSPS) is 15.1. The summed E-state index contributed by atoms with van der Waals surface area (Å²) in [5, 5.41) is 4.30. The van der Waals surface area contributed by atoms with E-state index in [9.17, 15) is 9.59 Å². The third-order valence-corrected chi connectivity index (χ3v) is 5.95. The molecule has 0 aliphatic heterocycles. The van der Waals surface area contributed by atoms with Crippen molar-refractivity contribution in [2.75, 3.05) is 5.75 Å². The summed E-state index contributed by atoms with van der Waals surface area (Å²) < 4.78 is 2.56. The summed E-state index contributed by atoms with van der Waals surface area (Å²) in [5.74, 6) is 0.609. The van der Waals surface area contributed by atoms with Gasteiger partial charge in [0.1, 0.15) is 0 Å². The zero-order chi connectivity index (χ0) is 18.7. The van der Waals surface area contributed by atoms with Crippen LogP contribution < -0.4 is 10.9 Å². The standard InChI is InChI=1S/C19H24BrN3O2S/c1-12(2)10-23-18(25)15-9-13(20)7-8-16(15)22-19(23)26-11-17(24)21-14-5-3-4-6-14/h7-9,12,14H,3-6,10-11H2,1-2H3,(H,21,24). The van der Waals surface area contributed by atoms with Crippen LogP contribution in [0.15, 0.2) is 32.6 Å². The Morgan fingerprint density at radius 2 is 2.12 bits per heavy atom. The lowest BCUT2D eigenvalue weighted by Gasteiger charge is -2.16. The van der Waals surface area contributed by atoms with Gasteiger partial charge in [0.15, 0.2) is 5.16 Å². The Balaban J connectivity index is 1.84. The molecule has 1 aliphatic rings. The number of hydrogen-bond acceptors (Lipinski definition) is 4. The molecule has 3 rings (SSSR count). The minimum absolute atomic E-state index is 0.0168. The van der Waals surface area contributed by atoms with Crippen molar-refractivity contribution in [3.63, 3.8) is 0 Å². The van der Waals surface area contributed by atoms with Crippen molar-refractivity contribution in [2.45, 2.75) is 57.3 Å². The van der Waals surface area contributed by atoms with E-state index in [1.807, 2.05) is 18.2 Å². The van der Waals surface area contributed by atoms with Crippen molar-refractivity contribution in [1.82, 2.24) is 14.9 Å². The number of carbonyl (C=O) groups is 1. The summed E-state index contributed by atoms with van der Waals surface area (Å²) in [7, 11) is 0. The summed E-state index contributed by atoms with van der Waals surface area (Å²) in [5.41, 5.74) is 0.612. The average Bonchev–Trinajstić information content (AvgIpc) is 3.09. The Morgan fingerprint density at radius 3 is 2.81 bits per heavy atom. The number of amides is 1. The SMILES string of the molecule is CC(C)Cn1c(SCC(=O)NC2CCCC2)nc2ccc(Br)cc2c1=O. The monoisotopic (exact) mass is 437 g/mol. The van der Waals surface area contributed by atoms with E-state index < -0.39 is 0 Å². The summed E-state index contributed by atoms with van der Waals surface area (Å²) in [6.45, 7) is 4.72. The van der Waals surface area contributed by atoms with E-state index in [4.69, 9.17) is 0 Å². The second kappa shape index (κ2) is 8.57. The van der Waals surface area contributed by atoms with Gasteiger partial charge in [-0.3, -0.25) is 14.2 Å². The van der Waals surface area contributed by atoms with Gasteiger partial charge < -0.3 is 5.32 Å². The maximum absolute atomic E-state index is 12.9. The number of aromatic nitrogens is 2. The largest absolute Gasteiger partial charge is 0.353 e. The number of halogens is 1. The lowest BCUT2D eigenvalue weighted by atomic mass is 10.2. The highest BCUT2D eigenvalue weighted by Gasteiger charge is 2.18. The third kappa shape index (κ3) is 4.68. The summed E-state index contributed by atoms with van der Waals surface area (Å²) in [6, 6.07) is 5.83. The minimum atomic E-state index is -0.0521. The molecular weight excluding hydrogens is 414 g/mol. The maximum Gasteiger partial charge on any atom is 0.262 e. The first-order valence-corrected chi connectivity index (χ1v) is 10.8. The number of carbonyl (C=O) groups excluding carboxylic acids is 1. The number of benzene rings is 1. The van der Waals surface area contributed by atoms with E-state index in [0.717, 1.165) is 17.3 Å². The van der Waals surface area contributed by atoms with Crippen LogP contribution in [0, 0.1) is 5.92 Å². The molecular formula is C19H24BrN3O2S. The highest BCUT2D eigenvalue weighted by Crippen LogP contribution is 2.22. The highest BCUT2D eigenvalue weighted by atomic mass is 79.9. The van der Waals surface area contributed by atoms with Crippen molar-refractivity contribution >= 4 is 44.5 Å². The van der Waals surface area contributed by atoms with E-state index >= 15 is 0 Å². The van der Waals surface area contributed by atoms with Crippen LogP contribution in [-0.4, -0.2) is 27.3 Å². The summed E-state index contributed by atoms with van der Waals surface area (Å²) >= 11 is 4.76. The molecule has 1 saturated carbocycles. The van der Waals surface area contributed by atoms with Crippen molar-refractivity contribution < 1.29 is 4.79 Å². The van der Waals surface area contributed by atoms with Crippen LogP contribution in [0.4, 0.5) is 0 Å². The van der Waals surface area contributed by atoms with Gasteiger partial charge in [-0.2, -0.15) is 0 Å². The number of nitrogens with zero attached hydrogens (tertiary/aromatic N) is 2. The van der Waals surface area contributed by atoms with Crippen molar-refractivity contribution in [2.24, 2.45) is 5.92 Å². The van der Waals surface area contributed by atoms with Gasteiger partial charge in [-0.25, -0.2) is 4.98 Å². The van der Waals surface area contributed by atoms with Crippen LogP contribution in [-0.2, 0) is 11.3 Å². The lowest BCUT2D eigenvalue weighted by molar-refractivity contribution is -0.119. The van der Waals surface area contributed by atoms with E-state index in [0.29, 0.717) is 34.6 Å². The molecule has 1 fully saturated rings. The van der Waals surface area contributed by atoms with Gasteiger partial charge >= 0.3 is 0 Å². The Morgan fingerprint density at radius 1 is 1.38 bits per heavy atom. The molecule has 1 aromatic heterocycles. The van der Waals surface area contributed by atoms with Gasteiger partial charge in [0.2, 0.25) is 5.91 Å². The second-order valence-electron chi connectivity index (χ2n) is 7.20. The molecule has 7 heteroatoms. The Labute approximate surface area is 166 Å². The predicted octanol–water partition coefficient (Wildman–Crippen LogP) is 3.97. The summed E-state index contributed by atoms with van der Waals surface area (Å²) in [4.78, 5) is 29.9. The zero-order valence-corrected chi connectivity index (χ0v) is 17.5. The van der Waals surface area contributed by atoms with E-state index in [-0.39, 0.29) is 17.2 Å². The molecule has 0 bridgehead atoms. The first-order chi connectivity index (χ1) is 12.4. The Kier molecular flexibility index (Phi) is 6.40. The fourth-order valence-corrected chi connectivity index (χ4v) is 4.46. The first-order valence-electron chi connectivity index (χ1n) is 9.06. The van der Waals surface area contributed by atoms with E-state index in [1.165, 1.54) is 24.6 Å². The van der Waals surface area contributed by atoms with E-state index in [1.54, 1.807) is 4.57 Å². The quantitative estimate of drug-likeness (QED) is 0.548. The lowest BCUT2D eigenvalue weighted by Crippen LogP contribution is -2.34. The van der Waals surface area contributed by atoms with E-state index in [2.05, 4.69) is 40.1 Å². The van der Waals surface area contributed by atoms with Gasteiger partial charge in [-0.15, -0.1) is 0 Å². The topological polar surface area (TPSA) is 64.0 Å². The molecule has 0 radical (unpaired) electrons. The number of nitrogens with one attached hydrogen (secondary N) is 1. The van der Waals surface area contributed by atoms with Gasteiger partial charge in [-0.05, 0) is 37.0 Å². The van der Waals surface area contributed by atoms with Crippen molar-refractivity contribution in [1.29, 1.82) is 0 Å². The fourth-order valence-electron chi connectivity index (χ4n) is 3.28.